The summed E-state index contributed by atoms with van der Waals surface area (Å²) in [5.41, 5.74) is 1.68. The van der Waals surface area contributed by atoms with Crippen molar-refractivity contribution in [3.05, 3.63) is 63.4 Å². The van der Waals surface area contributed by atoms with Gasteiger partial charge in [0.2, 0.25) is 0 Å². The van der Waals surface area contributed by atoms with Crippen molar-refractivity contribution < 1.29 is 13.9 Å². The minimum atomic E-state index is -0.461. The van der Waals surface area contributed by atoms with Crippen molar-refractivity contribution in [1.29, 1.82) is 0 Å². The van der Waals surface area contributed by atoms with Crippen LogP contribution in [-0.2, 0) is 0 Å². The second kappa shape index (κ2) is 5.53. The lowest BCUT2D eigenvalue weighted by Crippen LogP contribution is -2.05. The number of halogens is 2. The predicted molar refractivity (Wildman–Crippen MR) is 75.3 cm³/mol. The highest BCUT2D eigenvalue weighted by atomic mass is 79.9. The molecule has 0 radical (unpaired) electrons. The smallest absolute Gasteiger partial charge is 0.196 e. The number of aryl methyl sites for hydroxylation is 1. The Morgan fingerprint density at radius 2 is 1.95 bits per heavy atom. The Hall–Kier alpha value is -1.68. The molecule has 2 nitrogen and oxygen atoms in total. The number of ketones is 1. The van der Waals surface area contributed by atoms with Gasteiger partial charge in [0.05, 0.1) is 17.1 Å². The lowest BCUT2D eigenvalue weighted by Gasteiger charge is -2.09. The van der Waals surface area contributed by atoms with Crippen LogP contribution in [-0.4, -0.2) is 12.9 Å². The summed E-state index contributed by atoms with van der Waals surface area (Å²) in [4.78, 5) is 12.4. The maximum atomic E-state index is 13.5. The molecule has 0 atom stereocenters. The van der Waals surface area contributed by atoms with Crippen molar-refractivity contribution in [1.82, 2.24) is 0 Å². The van der Waals surface area contributed by atoms with E-state index >= 15 is 0 Å². The molecule has 0 spiro atoms. The molecule has 0 fully saturated rings. The summed E-state index contributed by atoms with van der Waals surface area (Å²) in [5, 5.41) is 0. The minimum Gasteiger partial charge on any atom is -0.496 e. The molecule has 0 saturated heterocycles. The van der Waals surface area contributed by atoms with Crippen LogP contribution in [0.15, 0.2) is 40.9 Å². The highest BCUT2D eigenvalue weighted by Gasteiger charge is 2.16. The normalized spacial score (nSPS) is 10.3. The largest absolute Gasteiger partial charge is 0.496 e. The van der Waals surface area contributed by atoms with Crippen LogP contribution >= 0.6 is 15.9 Å². The first kappa shape index (κ1) is 13.7. The Bertz CT molecular complexity index is 638. The fraction of sp³-hybridized carbons (Fsp3) is 0.133. The molecule has 0 bridgehead atoms. The van der Waals surface area contributed by atoms with Crippen molar-refractivity contribution in [2.75, 3.05) is 7.11 Å². The maximum Gasteiger partial charge on any atom is 0.196 e. The highest BCUT2D eigenvalue weighted by molar-refractivity contribution is 9.10. The summed E-state index contributed by atoms with van der Waals surface area (Å²) < 4.78 is 19.0. The SMILES string of the molecule is COc1ccc(C)cc1C(=O)c1ccc(Br)c(F)c1. The van der Waals surface area contributed by atoms with Gasteiger partial charge in [-0.25, -0.2) is 4.39 Å². The van der Waals surface area contributed by atoms with Crippen molar-refractivity contribution >= 4 is 21.7 Å². The lowest BCUT2D eigenvalue weighted by molar-refractivity contribution is 0.103. The van der Waals surface area contributed by atoms with Gasteiger partial charge in [-0.3, -0.25) is 4.79 Å². The second-order valence-electron chi connectivity index (χ2n) is 4.16. The fourth-order valence-electron chi connectivity index (χ4n) is 1.79. The zero-order valence-corrected chi connectivity index (χ0v) is 12.1. The van der Waals surface area contributed by atoms with E-state index in [1.54, 1.807) is 18.2 Å². The first-order valence-electron chi connectivity index (χ1n) is 5.67. The monoisotopic (exact) mass is 322 g/mol. The summed E-state index contributed by atoms with van der Waals surface area (Å²) in [5.74, 6) is -0.233. The Balaban J connectivity index is 2.49. The van der Waals surface area contributed by atoms with Gasteiger partial charge in [-0.05, 0) is 53.2 Å². The maximum absolute atomic E-state index is 13.5. The van der Waals surface area contributed by atoms with Crippen molar-refractivity contribution in [3.8, 4) is 5.75 Å². The van der Waals surface area contributed by atoms with Gasteiger partial charge in [0.15, 0.2) is 5.78 Å². The molecule has 0 unspecified atom stereocenters. The van der Waals surface area contributed by atoms with Gasteiger partial charge in [0.1, 0.15) is 11.6 Å². The van der Waals surface area contributed by atoms with Gasteiger partial charge in [-0.2, -0.15) is 0 Å². The lowest BCUT2D eigenvalue weighted by atomic mass is 10.0. The molecule has 98 valence electrons. The van der Waals surface area contributed by atoms with E-state index < -0.39 is 5.82 Å². The number of methoxy groups -OCH3 is 1. The Labute approximate surface area is 119 Å². The van der Waals surface area contributed by atoms with E-state index in [0.29, 0.717) is 21.3 Å². The molecule has 2 aromatic carbocycles. The number of ether oxygens (including phenoxy) is 1. The summed E-state index contributed by atoms with van der Waals surface area (Å²) in [6.07, 6.45) is 0. The molecule has 4 heteroatoms. The van der Waals surface area contributed by atoms with Gasteiger partial charge in [-0.1, -0.05) is 11.6 Å². The molecule has 2 rings (SSSR count). The van der Waals surface area contributed by atoms with E-state index in [1.165, 1.54) is 19.2 Å². The molecular weight excluding hydrogens is 311 g/mol. The average Bonchev–Trinajstić information content (AvgIpc) is 2.41. The molecular formula is C15H12BrFO2. The van der Waals surface area contributed by atoms with Crippen LogP contribution in [0.1, 0.15) is 21.5 Å². The quantitative estimate of drug-likeness (QED) is 0.794. The molecule has 0 N–H and O–H groups in total. The van der Waals surface area contributed by atoms with Gasteiger partial charge in [0, 0.05) is 5.56 Å². The summed E-state index contributed by atoms with van der Waals surface area (Å²) in [6, 6.07) is 9.65. The van der Waals surface area contributed by atoms with Gasteiger partial charge in [0.25, 0.3) is 0 Å². The van der Waals surface area contributed by atoms with Gasteiger partial charge in [-0.15, -0.1) is 0 Å². The van der Waals surface area contributed by atoms with E-state index in [-0.39, 0.29) is 5.78 Å². The zero-order valence-electron chi connectivity index (χ0n) is 10.5. The van der Waals surface area contributed by atoms with Crippen LogP contribution in [0.2, 0.25) is 0 Å². The Kier molecular flexibility index (Phi) is 4.00. The number of benzene rings is 2. The second-order valence-corrected chi connectivity index (χ2v) is 5.02. The molecule has 0 aliphatic rings. The summed E-state index contributed by atoms with van der Waals surface area (Å²) >= 11 is 3.06. The standard InChI is InChI=1S/C15H12BrFO2/c1-9-3-6-14(19-2)11(7-9)15(18)10-4-5-12(16)13(17)8-10/h3-8H,1-2H3. The number of carbonyl (C=O) groups excluding carboxylic acids is 1. The summed E-state index contributed by atoms with van der Waals surface area (Å²) in [7, 11) is 1.50. The minimum absolute atomic E-state index is 0.257. The Morgan fingerprint density at radius 1 is 1.21 bits per heavy atom. The van der Waals surface area contributed by atoms with Crippen LogP contribution in [0.25, 0.3) is 0 Å². The molecule has 0 heterocycles. The molecule has 0 aromatic heterocycles. The first-order chi connectivity index (χ1) is 9.02. The number of rotatable bonds is 3. The average molecular weight is 323 g/mol. The van der Waals surface area contributed by atoms with E-state index in [9.17, 15) is 9.18 Å². The molecule has 0 aliphatic heterocycles. The molecule has 0 amide bonds. The molecule has 0 aliphatic carbocycles. The van der Waals surface area contributed by atoms with E-state index in [1.807, 2.05) is 13.0 Å². The van der Waals surface area contributed by atoms with Crippen molar-refractivity contribution in [2.45, 2.75) is 6.92 Å². The summed E-state index contributed by atoms with van der Waals surface area (Å²) in [6.45, 7) is 1.89. The Morgan fingerprint density at radius 3 is 2.58 bits per heavy atom. The third-order valence-corrected chi connectivity index (χ3v) is 3.42. The van der Waals surface area contributed by atoms with E-state index in [4.69, 9.17) is 4.74 Å². The number of hydrogen-bond donors (Lipinski definition) is 0. The first-order valence-corrected chi connectivity index (χ1v) is 6.46. The van der Waals surface area contributed by atoms with Crippen LogP contribution in [0, 0.1) is 12.7 Å². The third kappa shape index (κ3) is 2.84. The molecule has 19 heavy (non-hydrogen) atoms. The fourth-order valence-corrected chi connectivity index (χ4v) is 2.04. The van der Waals surface area contributed by atoms with E-state index in [0.717, 1.165) is 5.56 Å². The zero-order chi connectivity index (χ0) is 14.0. The van der Waals surface area contributed by atoms with Crippen molar-refractivity contribution in [3.63, 3.8) is 0 Å². The predicted octanol–water partition coefficient (Wildman–Crippen LogP) is 4.14. The number of carbonyl (C=O) groups is 1. The van der Waals surface area contributed by atoms with Crippen LogP contribution in [0.4, 0.5) is 4.39 Å². The van der Waals surface area contributed by atoms with Crippen LogP contribution in [0.3, 0.4) is 0 Å². The van der Waals surface area contributed by atoms with Gasteiger partial charge < -0.3 is 4.74 Å². The van der Waals surface area contributed by atoms with Crippen LogP contribution < -0.4 is 4.74 Å². The highest BCUT2D eigenvalue weighted by Crippen LogP contribution is 2.24. The third-order valence-electron chi connectivity index (χ3n) is 2.78. The van der Waals surface area contributed by atoms with E-state index in [2.05, 4.69) is 15.9 Å². The van der Waals surface area contributed by atoms with Crippen LogP contribution in [0.5, 0.6) is 5.75 Å². The molecule has 0 saturated carbocycles. The van der Waals surface area contributed by atoms with Gasteiger partial charge >= 0.3 is 0 Å². The molecule has 2 aromatic rings. The van der Waals surface area contributed by atoms with Crippen molar-refractivity contribution in [2.24, 2.45) is 0 Å². The number of hydrogen-bond acceptors (Lipinski definition) is 2. The topological polar surface area (TPSA) is 26.3 Å².